The summed E-state index contributed by atoms with van der Waals surface area (Å²) in [6.07, 6.45) is -0.310. The van der Waals surface area contributed by atoms with Gasteiger partial charge in [0.2, 0.25) is 5.91 Å². The molecule has 92 valence electrons. The Bertz CT molecular complexity index is 327. The van der Waals surface area contributed by atoms with E-state index >= 15 is 0 Å². The van der Waals surface area contributed by atoms with E-state index in [0.717, 1.165) is 0 Å². The van der Waals surface area contributed by atoms with E-state index in [1.807, 2.05) is 20.8 Å². The summed E-state index contributed by atoms with van der Waals surface area (Å²) in [5.74, 6) is 0.295. The summed E-state index contributed by atoms with van der Waals surface area (Å²) in [6.45, 7) is 7.32. The third-order valence-corrected chi connectivity index (χ3v) is 2.97. The summed E-state index contributed by atoms with van der Waals surface area (Å²) in [6, 6.07) is 0. The van der Waals surface area contributed by atoms with Gasteiger partial charge >= 0.3 is 6.09 Å². The van der Waals surface area contributed by atoms with Crippen LogP contribution in [0.25, 0.3) is 0 Å². The molecule has 2 saturated heterocycles. The number of hydrogen-bond donors (Lipinski definition) is 1. The van der Waals surface area contributed by atoms with E-state index in [0.29, 0.717) is 19.6 Å². The van der Waals surface area contributed by atoms with Crippen molar-refractivity contribution in [2.75, 3.05) is 19.6 Å². The van der Waals surface area contributed by atoms with Crippen molar-refractivity contribution in [2.24, 2.45) is 11.8 Å². The third-order valence-electron chi connectivity index (χ3n) is 2.97. The highest BCUT2D eigenvalue weighted by Gasteiger charge is 2.44. The summed E-state index contributed by atoms with van der Waals surface area (Å²) in [4.78, 5) is 24.8. The van der Waals surface area contributed by atoms with Crippen molar-refractivity contribution >= 4 is 12.0 Å². The molecular weight excluding hydrogens is 208 g/mol. The first-order chi connectivity index (χ1) is 7.37. The first kappa shape index (κ1) is 11.2. The molecule has 2 aliphatic heterocycles. The summed E-state index contributed by atoms with van der Waals surface area (Å²) < 4.78 is 5.28. The molecule has 0 aliphatic carbocycles. The van der Waals surface area contributed by atoms with Crippen LogP contribution in [0.1, 0.15) is 22.2 Å². The second-order valence-electron chi connectivity index (χ2n) is 5.50. The molecule has 16 heavy (non-hydrogen) atoms. The van der Waals surface area contributed by atoms with E-state index in [1.54, 1.807) is 4.90 Å². The molecule has 2 aliphatic rings. The van der Waals surface area contributed by atoms with Crippen LogP contribution in [0.3, 0.4) is 0 Å². The van der Waals surface area contributed by atoms with Gasteiger partial charge in [-0.3, -0.25) is 4.79 Å². The molecule has 0 aromatic carbocycles. The van der Waals surface area contributed by atoms with Crippen molar-refractivity contribution in [3.63, 3.8) is 0 Å². The maximum atomic E-state index is 11.8. The fourth-order valence-electron chi connectivity index (χ4n) is 2.21. The number of nitrogens with one attached hydrogen (secondary N) is 1. The van der Waals surface area contributed by atoms with Gasteiger partial charge in [0, 0.05) is 27.0 Å². The molecule has 2 unspecified atom stereocenters. The van der Waals surface area contributed by atoms with Crippen LogP contribution in [-0.2, 0) is 9.53 Å². The van der Waals surface area contributed by atoms with Crippen LogP contribution in [0.15, 0.2) is 0 Å². The fourth-order valence-corrected chi connectivity index (χ4v) is 2.21. The third kappa shape index (κ3) is 2.13. The number of fused-ring (bicyclic) bond motifs is 1. The molecular formula is C11H20N2O3. The number of hydrogen-bond acceptors (Lipinski definition) is 3. The van der Waals surface area contributed by atoms with Crippen molar-refractivity contribution in [2.45, 2.75) is 26.4 Å². The monoisotopic (exact) mass is 228 g/mol. The Kier molecular flexibility index (Phi) is 2.56. The highest BCUT2D eigenvalue weighted by Crippen LogP contribution is 2.28. The lowest BCUT2D eigenvalue weighted by Crippen LogP contribution is -2.37. The van der Waals surface area contributed by atoms with E-state index in [-0.39, 0.29) is 25.3 Å². The predicted octanol–water partition coefficient (Wildman–Crippen LogP) is 0.845. The van der Waals surface area contributed by atoms with Crippen molar-refractivity contribution in [3.8, 4) is 0 Å². The molecule has 0 bridgehead atoms. The topological polar surface area (TPSA) is 58.6 Å². The zero-order valence-electron chi connectivity index (χ0n) is 9.95. The molecule has 0 aromatic rings. The van der Waals surface area contributed by atoms with Crippen molar-refractivity contribution < 1.29 is 15.8 Å². The number of carbonyl (C=O) groups is 2. The van der Waals surface area contributed by atoms with E-state index < -0.39 is 5.60 Å². The fraction of sp³-hybridized carbons (Fsp3) is 0.818. The van der Waals surface area contributed by atoms with Crippen LogP contribution in [-0.4, -0.2) is 42.1 Å². The maximum absolute atomic E-state index is 11.8. The minimum Gasteiger partial charge on any atom is -0.444 e. The van der Waals surface area contributed by atoms with Crippen LogP contribution in [0.5, 0.6) is 0 Å². The van der Waals surface area contributed by atoms with Crippen LogP contribution < -0.4 is 5.32 Å². The highest BCUT2D eigenvalue weighted by molar-refractivity contribution is 5.83. The van der Waals surface area contributed by atoms with Gasteiger partial charge in [0.25, 0.3) is 0 Å². The summed E-state index contributed by atoms with van der Waals surface area (Å²) in [5, 5.41) is 2.81. The Morgan fingerprint density at radius 2 is 2.19 bits per heavy atom. The van der Waals surface area contributed by atoms with E-state index in [4.69, 9.17) is 4.74 Å². The molecule has 0 saturated carbocycles. The number of amides is 2. The van der Waals surface area contributed by atoms with Gasteiger partial charge in [-0.05, 0) is 20.8 Å². The number of nitrogens with zero attached hydrogens (tertiary/aromatic N) is 1. The molecule has 5 heteroatoms. The molecule has 1 N–H and O–H groups in total. The van der Waals surface area contributed by atoms with Crippen LogP contribution in [0, 0.1) is 11.8 Å². The Labute approximate surface area is 96.6 Å². The average Bonchev–Trinajstić information content (AvgIpc) is 2.65. The van der Waals surface area contributed by atoms with E-state index in [2.05, 4.69) is 5.32 Å². The highest BCUT2D eigenvalue weighted by atomic mass is 16.6. The first-order valence-electron chi connectivity index (χ1n) is 5.62. The molecule has 2 heterocycles. The number of carbonyl (C=O) groups excluding carboxylic acids is 2. The Balaban J connectivity index is 0.00000144. The molecule has 2 atom stereocenters. The van der Waals surface area contributed by atoms with Gasteiger partial charge in [-0.25, -0.2) is 4.79 Å². The molecule has 0 aromatic heterocycles. The van der Waals surface area contributed by atoms with Gasteiger partial charge in [0.1, 0.15) is 5.60 Å². The van der Waals surface area contributed by atoms with Gasteiger partial charge < -0.3 is 15.0 Å². The second kappa shape index (κ2) is 3.64. The SMILES string of the molecule is CC(C)(C)OC(=O)N1CC2CNC(=O)C2C1.[HH]. The van der Waals surface area contributed by atoms with Crippen LogP contribution in [0.4, 0.5) is 4.79 Å². The molecule has 0 radical (unpaired) electrons. The van der Waals surface area contributed by atoms with Crippen molar-refractivity contribution in [1.82, 2.24) is 10.2 Å². The molecule has 2 rings (SSSR count). The number of likely N-dealkylation sites (tertiary alicyclic amines) is 1. The van der Waals surface area contributed by atoms with Gasteiger partial charge in [0.15, 0.2) is 0 Å². The molecule has 2 fully saturated rings. The van der Waals surface area contributed by atoms with E-state index in [1.165, 1.54) is 0 Å². The number of rotatable bonds is 0. The van der Waals surface area contributed by atoms with Gasteiger partial charge in [-0.2, -0.15) is 0 Å². The zero-order valence-corrected chi connectivity index (χ0v) is 9.95. The smallest absolute Gasteiger partial charge is 0.410 e. The number of ether oxygens (including phenoxy) is 1. The Hall–Kier alpha value is -1.26. The Morgan fingerprint density at radius 1 is 1.50 bits per heavy atom. The minimum atomic E-state index is -0.475. The normalized spacial score (nSPS) is 28.9. The lowest BCUT2D eigenvalue weighted by atomic mass is 10.0. The van der Waals surface area contributed by atoms with Gasteiger partial charge in [-0.15, -0.1) is 0 Å². The van der Waals surface area contributed by atoms with Crippen LogP contribution in [0.2, 0.25) is 0 Å². The molecule has 2 amide bonds. The summed E-state index contributed by atoms with van der Waals surface area (Å²) in [5.41, 5.74) is -0.475. The van der Waals surface area contributed by atoms with E-state index in [9.17, 15) is 9.59 Å². The predicted molar refractivity (Wildman–Crippen MR) is 59.9 cm³/mol. The quantitative estimate of drug-likeness (QED) is 0.668. The zero-order chi connectivity index (χ0) is 11.9. The van der Waals surface area contributed by atoms with Crippen molar-refractivity contribution in [1.29, 1.82) is 0 Å². The van der Waals surface area contributed by atoms with Crippen LogP contribution >= 0.6 is 0 Å². The lowest BCUT2D eigenvalue weighted by molar-refractivity contribution is -0.122. The lowest BCUT2D eigenvalue weighted by Gasteiger charge is -2.24. The Morgan fingerprint density at radius 3 is 2.75 bits per heavy atom. The van der Waals surface area contributed by atoms with Crippen molar-refractivity contribution in [3.05, 3.63) is 0 Å². The summed E-state index contributed by atoms with van der Waals surface area (Å²) in [7, 11) is 0. The molecule has 0 spiro atoms. The molecule has 5 nitrogen and oxygen atoms in total. The maximum Gasteiger partial charge on any atom is 0.410 e. The minimum absolute atomic E-state index is 0. The summed E-state index contributed by atoms with van der Waals surface area (Å²) >= 11 is 0. The largest absolute Gasteiger partial charge is 0.444 e. The average molecular weight is 228 g/mol. The first-order valence-corrected chi connectivity index (χ1v) is 5.62. The second-order valence-corrected chi connectivity index (χ2v) is 5.50. The van der Waals surface area contributed by atoms with Gasteiger partial charge in [0.05, 0.1) is 5.92 Å². The standard InChI is InChI=1S/C11H18N2O3.H2/c1-11(2,3)16-10(15)13-5-7-4-12-9(14)8(7)6-13;/h7-8H,4-6H2,1-3H3,(H,12,14);1H. The van der Waals surface area contributed by atoms with Gasteiger partial charge in [-0.1, -0.05) is 0 Å².